The van der Waals surface area contributed by atoms with Gasteiger partial charge in [0.15, 0.2) is 0 Å². The van der Waals surface area contributed by atoms with E-state index in [0.29, 0.717) is 13.2 Å². The number of aliphatic carboxylic acids is 1. The topological polar surface area (TPSA) is 49.8 Å². The van der Waals surface area contributed by atoms with Gasteiger partial charge in [0.2, 0.25) is 0 Å². The number of carboxylic acid groups (broad SMARTS) is 1. The molecule has 0 fully saturated rings. The molecule has 0 bridgehead atoms. The summed E-state index contributed by atoms with van der Waals surface area (Å²) >= 11 is 0. The van der Waals surface area contributed by atoms with Gasteiger partial charge >= 0.3 is 5.97 Å². The van der Waals surface area contributed by atoms with Gasteiger partial charge in [-0.2, -0.15) is 0 Å². The highest BCUT2D eigenvalue weighted by Gasteiger charge is 2.16. The maximum Gasteiger partial charge on any atom is 0.307 e. The summed E-state index contributed by atoms with van der Waals surface area (Å²) < 4.78 is 5.61. The van der Waals surface area contributed by atoms with Crippen molar-refractivity contribution < 1.29 is 14.6 Å². The largest absolute Gasteiger partial charge is 0.481 e. The second-order valence-electron chi connectivity index (χ2n) is 5.09. The maximum atomic E-state index is 10.7. The van der Waals surface area contributed by atoms with Gasteiger partial charge in [0.1, 0.15) is 0 Å². The van der Waals surface area contributed by atoms with Crippen LogP contribution in [0.3, 0.4) is 0 Å². The van der Waals surface area contributed by atoms with Gasteiger partial charge in [0.25, 0.3) is 0 Å². The van der Waals surface area contributed by atoms with Crippen molar-refractivity contribution >= 4 is 5.97 Å². The molecule has 4 heteroatoms. The summed E-state index contributed by atoms with van der Waals surface area (Å²) in [5, 5.41) is 8.82. The van der Waals surface area contributed by atoms with Crippen molar-refractivity contribution in [2.24, 2.45) is 5.92 Å². The van der Waals surface area contributed by atoms with E-state index in [2.05, 4.69) is 4.90 Å². The van der Waals surface area contributed by atoms with Crippen LogP contribution in [0.1, 0.15) is 34.6 Å². The molecule has 0 amide bonds. The molecule has 1 N–H and O–H groups in total. The molecule has 0 spiro atoms. The van der Waals surface area contributed by atoms with Crippen LogP contribution >= 0.6 is 0 Å². The van der Waals surface area contributed by atoms with E-state index in [4.69, 9.17) is 9.84 Å². The van der Waals surface area contributed by atoms with Crippen molar-refractivity contribution in [1.29, 1.82) is 0 Å². The quantitative estimate of drug-likeness (QED) is 0.726. The lowest BCUT2D eigenvalue weighted by atomic mass is 10.1. The van der Waals surface area contributed by atoms with Crippen LogP contribution in [0.2, 0.25) is 0 Å². The third kappa shape index (κ3) is 7.65. The molecular weight excluding hydrogens is 206 g/mol. The molecule has 0 heterocycles. The molecule has 0 radical (unpaired) electrons. The molecule has 0 aromatic heterocycles. The molecule has 0 aromatic rings. The van der Waals surface area contributed by atoms with Crippen molar-refractivity contribution in [2.75, 3.05) is 26.2 Å². The van der Waals surface area contributed by atoms with Crippen molar-refractivity contribution in [3.63, 3.8) is 0 Å². The summed E-state index contributed by atoms with van der Waals surface area (Å²) in [7, 11) is 0. The van der Waals surface area contributed by atoms with E-state index in [9.17, 15) is 4.79 Å². The molecule has 0 aliphatic rings. The van der Waals surface area contributed by atoms with Crippen molar-refractivity contribution in [3.05, 3.63) is 0 Å². The fourth-order valence-corrected chi connectivity index (χ4v) is 1.32. The monoisotopic (exact) mass is 231 g/mol. The normalized spacial score (nSPS) is 14.1. The Balaban J connectivity index is 3.88. The Bertz CT molecular complexity index is 211. The Morgan fingerprint density at radius 2 is 2.00 bits per heavy atom. The van der Waals surface area contributed by atoms with Crippen LogP contribution < -0.4 is 0 Å². The second kappa shape index (κ2) is 6.86. The molecule has 1 atom stereocenters. The van der Waals surface area contributed by atoms with Crippen LogP contribution in [-0.4, -0.2) is 47.8 Å². The molecule has 4 nitrogen and oxygen atoms in total. The van der Waals surface area contributed by atoms with Crippen LogP contribution in [0.4, 0.5) is 0 Å². The fourth-order valence-electron chi connectivity index (χ4n) is 1.32. The lowest BCUT2D eigenvalue weighted by molar-refractivity contribution is -0.141. The minimum Gasteiger partial charge on any atom is -0.481 e. The summed E-state index contributed by atoms with van der Waals surface area (Å²) in [5.74, 6) is -1.07. The highest BCUT2D eigenvalue weighted by atomic mass is 16.5. The van der Waals surface area contributed by atoms with Crippen molar-refractivity contribution in [1.82, 2.24) is 4.90 Å². The standard InChI is InChI=1S/C12H25NO3/c1-6-13(9-10(2)11(14)15)7-8-16-12(3,4)5/h10H,6-9H2,1-5H3,(H,14,15). The number of carboxylic acids is 1. The highest BCUT2D eigenvalue weighted by molar-refractivity contribution is 5.69. The molecule has 0 aliphatic heterocycles. The molecule has 0 rings (SSSR count). The third-order valence-electron chi connectivity index (χ3n) is 2.34. The van der Waals surface area contributed by atoms with Gasteiger partial charge in [-0.15, -0.1) is 0 Å². The van der Waals surface area contributed by atoms with Gasteiger partial charge in [-0.3, -0.25) is 4.79 Å². The average Bonchev–Trinajstić information content (AvgIpc) is 2.13. The molecule has 0 saturated heterocycles. The summed E-state index contributed by atoms with van der Waals surface area (Å²) in [6, 6.07) is 0. The van der Waals surface area contributed by atoms with E-state index in [1.54, 1.807) is 6.92 Å². The number of hydrogen-bond acceptors (Lipinski definition) is 3. The van der Waals surface area contributed by atoms with Crippen LogP contribution in [0.25, 0.3) is 0 Å². The first-order valence-electron chi connectivity index (χ1n) is 5.85. The molecule has 0 saturated carbocycles. The van der Waals surface area contributed by atoms with Crippen molar-refractivity contribution in [3.8, 4) is 0 Å². The molecule has 96 valence electrons. The fraction of sp³-hybridized carbons (Fsp3) is 0.917. The number of rotatable bonds is 7. The Labute approximate surface area is 98.6 Å². The first-order chi connectivity index (χ1) is 7.26. The Morgan fingerprint density at radius 3 is 2.38 bits per heavy atom. The number of likely N-dealkylation sites (N-methyl/N-ethyl adjacent to an activating group) is 1. The first-order valence-corrected chi connectivity index (χ1v) is 5.85. The van der Waals surface area contributed by atoms with Crippen LogP contribution in [0.15, 0.2) is 0 Å². The van der Waals surface area contributed by atoms with Gasteiger partial charge in [-0.25, -0.2) is 0 Å². The molecule has 0 aliphatic carbocycles. The summed E-state index contributed by atoms with van der Waals surface area (Å²) in [6.07, 6.45) is 0. The van der Waals surface area contributed by atoms with E-state index in [-0.39, 0.29) is 11.5 Å². The maximum absolute atomic E-state index is 10.7. The first kappa shape index (κ1) is 15.4. The molecule has 0 aromatic carbocycles. The molecule has 1 unspecified atom stereocenters. The second-order valence-corrected chi connectivity index (χ2v) is 5.09. The summed E-state index contributed by atoms with van der Waals surface area (Å²) in [4.78, 5) is 12.8. The predicted molar refractivity (Wildman–Crippen MR) is 64.6 cm³/mol. The number of ether oxygens (including phenoxy) is 1. The van der Waals surface area contributed by atoms with Gasteiger partial charge in [-0.1, -0.05) is 13.8 Å². The van der Waals surface area contributed by atoms with Crippen LogP contribution in [0, 0.1) is 5.92 Å². The van der Waals surface area contributed by atoms with E-state index in [1.165, 1.54) is 0 Å². The minimum atomic E-state index is -0.741. The summed E-state index contributed by atoms with van der Waals surface area (Å²) in [6.45, 7) is 12.7. The SMILES string of the molecule is CCN(CCOC(C)(C)C)CC(C)C(=O)O. The minimum absolute atomic E-state index is 0.127. The van der Waals surface area contributed by atoms with E-state index in [0.717, 1.165) is 13.1 Å². The number of carbonyl (C=O) groups is 1. The zero-order valence-electron chi connectivity index (χ0n) is 11.1. The van der Waals surface area contributed by atoms with E-state index < -0.39 is 5.97 Å². The molecule has 16 heavy (non-hydrogen) atoms. The van der Waals surface area contributed by atoms with Gasteiger partial charge in [0.05, 0.1) is 18.1 Å². The van der Waals surface area contributed by atoms with Crippen molar-refractivity contribution in [2.45, 2.75) is 40.2 Å². The predicted octanol–water partition coefficient (Wildman–Crippen LogP) is 1.84. The lowest BCUT2D eigenvalue weighted by Crippen LogP contribution is -2.35. The average molecular weight is 231 g/mol. The van der Waals surface area contributed by atoms with Gasteiger partial charge < -0.3 is 14.7 Å². The highest BCUT2D eigenvalue weighted by Crippen LogP contribution is 2.07. The third-order valence-corrected chi connectivity index (χ3v) is 2.34. The number of hydrogen-bond donors (Lipinski definition) is 1. The molecular formula is C12H25NO3. The van der Waals surface area contributed by atoms with Gasteiger partial charge in [-0.05, 0) is 27.3 Å². The lowest BCUT2D eigenvalue weighted by Gasteiger charge is -2.25. The van der Waals surface area contributed by atoms with E-state index >= 15 is 0 Å². The Morgan fingerprint density at radius 1 is 1.44 bits per heavy atom. The summed E-state index contributed by atoms with van der Waals surface area (Å²) in [5.41, 5.74) is -0.127. The van der Waals surface area contributed by atoms with E-state index in [1.807, 2.05) is 27.7 Å². The Kier molecular flexibility index (Phi) is 6.60. The van der Waals surface area contributed by atoms with Crippen LogP contribution in [0.5, 0.6) is 0 Å². The number of nitrogens with zero attached hydrogens (tertiary/aromatic N) is 1. The zero-order chi connectivity index (χ0) is 12.8. The smallest absolute Gasteiger partial charge is 0.307 e. The van der Waals surface area contributed by atoms with Crippen LogP contribution in [-0.2, 0) is 9.53 Å². The van der Waals surface area contributed by atoms with Gasteiger partial charge in [0, 0.05) is 13.1 Å². The zero-order valence-corrected chi connectivity index (χ0v) is 11.1. The Hall–Kier alpha value is -0.610.